The fourth-order valence-electron chi connectivity index (χ4n) is 1.08. The van der Waals surface area contributed by atoms with Crippen LogP contribution in [0.3, 0.4) is 0 Å². The molecule has 0 aromatic heterocycles. The summed E-state index contributed by atoms with van der Waals surface area (Å²) in [5.74, 6) is -0.341. The van der Waals surface area contributed by atoms with Gasteiger partial charge in [-0.05, 0) is 23.8 Å². The molecule has 1 aromatic carbocycles. The Balaban J connectivity index is 2.98. The summed E-state index contributed by atoms with van der Waals surface area (Å²) in [7, 11) is 1.36. The lowest BCUT2D eigenvalue weighted by molar-refractivity contribution is -0.135. The van der Waals surface area contributed by atoms with E-state index in [9.17, 15) is 4.79 Å². The van der Waals surface area contributed by atoms with Crippen molar-refractivity contribution in [3.63, 3.8) is 0 Å². The Morgan fingerprint density at radius 2 is 2.33 bits per heavy atom. The van der Waals surface area contributed by atoms with E-state index < -0.39 is 0 Å². The van der Waals surface area contributed by atoms with Gasteiger partial charge in [0.05, 0.1) is 7.11 Å². The maximum atomic E-state index is 11.3. The summed E-state index contributed by atoms with van der Waals surface area (Å²) in [4.78, 5) is 11.3. The van der Waals surface area contributed by atoms with Gasteiger partial charge < -0.3 is 4.74 Å². The molecule has 0 radical (unpaired) electrons. The molecule has 2 nitrogen and oxygen atoms in total. The van der Waals surface area contributed by atoms with Crippen LogP contribution in [0.25, 0.3) is 6.08 Å². The molecule has 0 spiro atoms. The van der Waals surface area contributed by atoms with Crippen molar-refractivity contribution in [3.8, 4) is 0 Å². The topological polar surface area (TPSA) is 26.3 Å². The quantitative estimate of drug-likeness (QED) is 0.485. The first-order valence-corrected chi connectivity index (χ1v) is 5.77. The molecule has 0 bridgehead atoms. The summed E-state index contributed by atoms with van der Waals surface area (Å²) >= 11 is 9.06. The van der Waals surface area contributed by atoms with Gasteiger partial charge in [0.25, 0.3) is 0 Å². The molecule has 0 saturated heterocycles. The van der Waals surface area contributed by atoms with E-state index in [4.69, 9.17) is 11.6 Å². The highest BCUT2D eigenvalue weighted by atomic mass is 79.9. The molecule has 1 rings (SSSR count). The number of carbonyl (C=O) groups excluding carboxylic acids is 1. The second-order valence-corrected chi connectivity index (χ2v) is 3.85. The highest BCUT2D eigenvalue weighted by Crippen LogP contribution is 2.15. The SMILES string of the molecule is COC(=O)/C(=C/c1cccc(Cl)c1)CBr. The van der Waals surface area contributed by atoms with Crippen LogP contribution in [-0.2, 0) is 9.53 Å². The zero-order chi connectivity index (χ0) is 11.3. The second kappa shape index (κ2) is 5.93. The zero-order valence-electron chi connectivity index (χ0n) is 8.17. The van der Waals surface area contributed by atoms with Crippen molar-refractivity contribution < 1.29 is 9.53 Å². The van der Waals surface area contributed by atoms with Gasteiger partial charge in [-0.2, -0.15) is 0 Å². The minimum absolute atomic E-state index is 0.341. The molecule has 0 atom stereocenters. The van der Waals surface area contributed by atoms with Crippen LogP contribution in [0.2, 0.25) is 5.02 Å². The predicted octanol–water partition coefficient (Wildman–Crippen LogP) is 3.29. The third kappa shape index (κ3) is 3.68. The molecule has 80 valence electrons. The van der Waals surface area contributed by atoms with E-state index in [0.717, 1.165) is 5.56 Å². The maximum absolute atomic E-state index is 11.3. The number of alkyl halides is 1. The second-order valence-electron chi connectivity index (χ2n) is 2.85. The number of hydrogen-bond acceptors (Lipinski definition) is 2. The Morgan fingerprint density at radius 1 is 1.60 bits per heavy atom. The van der Waals surface area contributed by atoms with Gasteiger partial charge in [0.2, 0.25) is 0 Å². The first-order valence-electron chi connectivity index (χ1n) is 4.28. The van der Waals surface area contributed by atoms with Crippen molar-refractivity contribution in [2.45, 2.75) is 0 Å². The molecule has 0 saturated carbocycles. The van der Waals surface area contributed by atoms with E-state index >= 15 is 0 Å². The van der Waals surface area contributed by atoms with E-state index in [0.29, 0.717) is 15.9 Å². The number of halogens is 2. The summed E-state index contributed by atoms with van der Waals surface area (Å²) in [6.07, 6.45) is 1.74. The summed E-state index contributed by atoms with van der Waals surface area (Å²) in [5.41, 5.74) is 1.43. The summed E-state index contributed by atoms with van der Waals surface area (Å²) in [6.45, 7) is 0. The molecule has 4 heteroatoms. The van der Waals surface area contributed by atoms with Crippen molar-refractivity contribution in [2.24, 2.45) is 0 Å². The van der Waals surface area contributed by atoms with E-state index in [1.54, 1.807) is 18.2 Å². The van der Waals surface area contributed by atoms with Gasteiger partial charge >= 0.3 is 5.97 Å². The summed E-state index contributed by atoms with van der Waals surface area (Å²) in [6, 6.07) is 7.27. The normalized spacial score (nSPS) is 11.3. The van der Waals surface area contributed by atoms with Crippen LogP contribution >= 0.6 is 27.5 Å². The lowest BCUT2D eigenvalue weighted by atomic mass is 10.1. The van der Waals surface area contributed by atoms with Crippen molar-refractivity contribution in [2.75, 3.05) is 12.4 Å². The highest BCUT2D eigenvalue weighted by molar-refractivity contribution is 9.09. The Bertz CT molecular complexity index is 388. The molecule has 0 amide bonds. The predicted molar refractivity (Wildman–Crippen MR) is 65.2 cm³/mol. The molecule has 0 fully saturated rings. The number of rotatable bonds is 3. The highest BCUT2D eigenvalue weighted by Gasteiger charge is 2.07. The number of hydrogen-bond donors (Lipinski definition) is 0. The third-order valence-electron chi connectivity index (χ3n) is 1.78. The first kappa shape index (κ1) is 12.3. The minimum Gasteiger partial charge on any atom is -0.466 e. The van der Waals surface area contributed by atoms with Crippen LogP contribution in [0.1, 0.15) is 5.56 Å². The fraction of sp³-hybridized carbons (Fsp3) is 0.182. The molecule has 0 aliphatic heterocycles. The zero-order valence-corrected chi connectivity index (χ0v) is 10.5. The number of benzene rings is 1. The van der Waals surface area contributed by atoms with Gasteiger partial charge in [0, 0.05) is 15.9 Å². The monoisotopic (exact) mass is 288 g/mol. The average Bonchev–Trinajstić information content (AvgIpc) is 2.25. The van der Waals surface area contributed by atoms with Gasteiger partial charge in [-0.1, -0.05) is 39.7 Å². The van der Waals surface area contributed by atoms with E-state index in [2.05, 4.69) is 20.7 Å². The van der Waals surface area contributed by atoms with E-state index in [1.165, 1.54) is 7.11 Å². The van der Waals surface area contributed by atoms with Crippen molar-refractivity contribution in [1.82, 2.24) is 0 Å². The molecule has 0 aliphatic rings. The van der Waals surface area contributed by atoms with Gasteiger partial charge in [0.1, 0.15) is 0 Å². The number of ether oxygens (including phenoxy) is 1. The molecule has 0 aliphatic carbocycles. The minimum atomic E-state index is -0.341. The first-order chi connectivity index (χ1) is 7.17. The Labute approximate surface area is 102 Å². The number of esters is 1. The lowest BCUT2D eigenvalue weighted by Gasteiger charge is -2.01. The van der Waals surface area contributed by atoms with Crippen LogP contribution < -0.4 is 0 Å². The molecule has 15 heavy (non-hydrogen) atoms. The molecule has 0 N–H and O–H groups in total. The van der Waals surface area contributed by atoms with Gasteiger partial charge in [-0.3, -0.25) is 0 Å². The maximum Gasteiger partial charge on any atom is 0.334 e. The molecular weight excluding hydrogens is 279 g/mol. The van der Waals surface area contributed by atoms with Crippen LogP contribution in [0.5, 0.6) is 0 Å². The standard InChI is InChI=1S/C11H10BrClO2/c1-15-11(14)9(7-12)5-8-3-2-4-10(13)6-8/h2-6H,7H2,1H3/b9-5+. The Morgan fingerprint density at radius 3 is 2.87 bits per heavy atom. The van der Waals surface area contributed by atoms with Crippen LogP contribution in [0.15, 0.2) is 29.8 Å². The average molecular weight is 290 g/mol. The number of methoxy groups -OCH3 is 1. The molecule has 0 heterocycles. The fourth-order valence-corrected chi connectivity index (χ4v) is 1.67. The summed E-state index contributed by atoms with van der Waals surface area (Å²) < 4.78 is 4.64. The molecular formula is C11H10BrClO2. The van der Waals surface area contributed by atoms with Crippen LogP contribution in [0.4, 0.5) is 0 Å². The van der Waals surface area contributed by atoms with Gasteiger partial charge in [-0.15, -0.1) is 0 Å². The smallest absolute Gasteiger partial charge is 0.334 e. The molecule has 0 unspecified atom stereocenters. The Hall–Kier alpha value is -0.800. The van der Waals surface area contributed by atoms with Crippen molar-refractivity contribution >= 4 is 39.6 Å². The van der Waals surface area contributed by atoms with Crippen LogP contribution in [-0.4, -0.2) is 18.4 Å². The lowest BCUT2D eigenvalue weighted by Crippen LogP contribution is -2.05. The largest absolute Gasteiger partial charge is 0.466 e. The van der Waals surface area contributed by atoms with Crippen molar-refractivity contribution in [1.29, 1.82) is 0 Å². The van der Waals surface area contributed by atoms with Crippen LogP contribution in [0, 0.1) is 0 Å². The van der Waals surface area contributed by atoms with Gasteiger partial charge in [0.15, 0.2) is 0 Å². The molecule has 1 aromatic rings. The van der Waals surface area contributed by atoms with E-state index in [1.807, 2.05) is 12.1 Å². The summed E-state index contributed by atoms with van der Waals surface area (Å²) in [5, 5.41) is 1.09. The Kier molecular flexibility index (Phi) is 4.85. The number of carbonyl (C=O) groups is 1. The van der Waals surface area contributed by atoms with E-state index in [-0.39, 0.29) is 5.97 Å². The third-order valence-corrected chi connectivity index (χ3v) is 2.62. The van der Waals surface area contributed by atoms with Gasteiger partial charge in [-0.25, -0.2) is 4.79 Å². The van der Waals surface area contributed by atoms with Crippen molar-refractivity contribution in [3.05, 3.63) is 40.4 Å².